The summed E-state index contributed by atoms with van der Waals surface area (Å²) in [6.45, 7) is 12.1. The molecular weight excluding hydrogens is 340 g/mol. The monoisotopic (exact) mass is 376 g/mol. The van der Waals surface area contributed by atoms with Gasteiger partial charge in [0.05, 0.1) is 26.8 Å². The molecule has 1 atom stereocenters. The van der Waals surface area contributed by atoms with Gasteiger partial charge in [0.2, 0.25) is 5.91 Å². The number of methoxy groups -OCH3 is 2. The number of benzene rings is 1. The third-order valence-corrected chi connectivity index (χ3v) is 4.97. The van der Waals surface area contributed by atoms with Gasteiger partial charge in [0.25, 0.3) is 0 Å². The molecular formula is C22H36N2O3. The molecule has 152 valence electrons. The van der Waals surface area contributed by atoms with Gasteiger partial charge in [-0.3, -0.25) is 9.69 Å². The maximum absolute atomic E-state index is 13.1. The summed E-state index contributed by atoms with van der Waals surface area (Å²) < 4.78 is 10.8. The van der Waals surface area contributed by atoms with E-state index in [1.807, 2.05) is 12.1 Å². The molecule has 0 radical (unpaired) electrons. The van der Waals surface area contributed by atoms with E-state index in [4.69, 9.17) is 9.47 Å². The number of carbonyl (C=O) groups excluding carboxylic acids is 1. The van der Waals surface area contributed by atoms with Crippen molar-refractivity contribution in [1.29, 1.82) is 0 Å². The minimum Gasteiger partial charge on any atom is -0.493 e. The molecule has 1 aromatic rings. The summed E-state index contributed by atoms with van der Waals surface area (Å²) in [5.74, 6) is 2.77. The van der Waals surface area contributed by atoms with E-state index < -0.39 is 0 Å². The summed E-state index contributed by atoms with van der Waals surface area (Å²) in [6, 6.07) is 6.11. The van der Waals surface area contributed by atoms with Gasteiger partial charge in [-0.25, -0.2) is 0 Å². The Morgan fingerprint density at radius 3 is 2.30 bits per heavy atom. The SMILES string of the molecule is COc1ccc(C2CCCN2C(=O)CN(CC(C)C)CC(C)C)cc1OC. The Kier molecular flexibility index (Phi) is 7.96. The Balaban J connectivity index is 2.13. The van der Waals surface area contributed by atoms with Gasteiger partial charge in [0.1, 0.15) is 0 Å². The Morgan fingerprint density at radius 2 is 1.74 bits per heavy atom. The summed E-state index contributed by atoms with van der Waals surface area (Å²) in [5.41, 5.74) is 1.12. The van der Waals surface area contributed by atoms with E-state index in [1.54, 1.807) is 14.2 Å². The van der Waals surface area contributed by atoms with Gasteiger partial charge in [0.15, 0.2) is 11.5 Å². The number of rotatable bonds is 9. The quantitative estimate of drug-likeness (QED) is 0.654. The van der Waals surface area contributed by atoms with Crippen LogP contribution >= 0.6 is 0 Å². The summed E-state index contributed by atoms with van der Waals surface area (Å²) in [6.07, 6.45) is 2.04. The van der Waals surface area contributed by atoms with Crippen molar-refractivity contribution in [3.8, 4) is 11.5 Å². The Morgan fingerprint density at radius 1 is 1.11 bits per heavy atom. The lowest BCUT2D eigenvalue weighted by atomic mass is 10.0. The van der Waals surface area contributed by atoms with Crippen molar-refractivity contribution >= 4 is 5.91 Å². The summed E-state index contributed by atoms with van der Waals surface area (Å²) >= 11 is 0. The number of ether oxygens (including phenoxy) is 2. The van der Waals surface area contributed by atoms with Gasteiger partial charge in [0, 0.05) is 19.6 Å². The first-order valence-corrected chi connectivity index (χ1v) is 10.1. The fraction of sp³-hybridized carbons (Fsp3) is 0.682. The number of hydrogen-bond acceptors (Lipinski definition) is 4. The topological polar surface area (TPSA) is 42.0 Å². The minimum absolute atomic E-state index is 0.122. The fourth-order valence-corrected chi connectivity index (χ4v) is 3.99. The van der Waals surface area contributed by atoms with E-state index in [9.17, 15) is 4.79 Å². The van der Waals surface area contributed by atoms with Crippen LogP contribution in [0.2, 0.25) is 0 Å². The molecule has 1 amide bonds. The second kappa shape index (κ2) is 9.98. The normalized spacial score (nSPS) is 17.2. The Bertz CT molecular complexity index is 606. The van der Waals surface area contributed by atoms with E-state index in [0.29, 0.717) is 18.4 Å². The van der Waals surface area contributed by atoms with Crippen LogP contribution in [0.1, 0.15) is 52.1 Å². The molecule has 1 saturated heterocycles. The second-order valence-electron chi connectivity index (χ2n) is 8.34. The molecule has 5 nitrogen and oxygen atoms in total. The largest absolute Gasteiger partial charge is 0.493 e. The highest BCUT2D eigenvalue weighted by molar-refractivity contribution is 5.79. The van der Waals surface area contributed by atoms with Gasteiger partial charge in [-0.05, 0) is 42.4 Å². The number of amides is 1. The van der Waals surface area contributed by atoms with Crippen LogP contribution in [-0.2, 0) is 4.79 Å². The molecule has 5 heteroatoms. The van der Waals surface area contributed by atoms with Crippen molar-refractivity contribution in [3.63, 3.8) is 0 Å². The van der Waals surface area contributed by atoms with Crippen molar-refractivity contribution < 1.29 is 14.3 Å². The zero-order chi connectivity index (χ0) is 20.0. The van der Waals surface area contributed by atoms with Gasteiger partial charge < -0.3 is 14.4 Å². The van der Waals surface area contributed by atoms with Crippen LogP contribution in [0, 0.1) is 11.8 Å². The molecule has 0 spiro atoms. The first-order valence-electron chi connectivity index (χ1n) is 10.1. The third-order valence-electron chi connectivity index (χ3n) is 4.97. The predicted molar refractivity (Wildman–Crippen MR) is 109 cm³/mol. The highest BCUT2D eigenvalue weighted by Gasteiger charge is 2.31. The fourth-order valence-electron chi connectivity index (χ4n) is 3.99. The van der Waals surface area contributed by atoms with Gasteiger partial charge in [-0.2, -0.15) is 0 Å². The van der Waals surface area contributed by atoms with Crippen molar-refractivity contribution in [2.24, 2.45) is 11.8 Å². The highest BCUT2D eigenvalue weighted by Crippen LogP contribution is 2.37. The van der Waals surface area contributed by atoms with E-state index >= 15 is 0 Å². The lowest BCUT2D eigenvalue weighted by Crippen LogP contribution is -2.42. The number of hydrogen-bond donors (Lipinski definition) is 0. The summed E-state index contributed by atoms with van der Waals surface area (Å²) in [4.78, 5) is 17.5. The maximum Gasteiger partial charge on any atom is 0.237 e. The first-order chi connectivity index (χ1) is 12.8. The van der Waals surface area contributed by atoms with E-state index in [0.717, 1.165) is 49.5 Å². The molecule has 0 saturated carbocycles. The van der Waals surface area contributed by atoms with Crippen molar-refractivity contribution in [3.05, 3.63) is 23.8 Å². The van der Waals surface area contributed by atoms with Crippen LogP contribution in [0.5, 0.6) is 11.5 Å². The van der Waals surface area contributed by atoms with Crippen molar-refractivity contribution in [1.82, 2.24) is 9.80 Å². The van der Waals surface area contributed by atoms with E-state index in [2.05, 4.69) is 43.6 Å². The molecule has 1 aliphatic rings. The lowest BCUT2D eigenvalue weighted by Gasteiger charge is -2.30. The first kappa shape index (κ1) is 21.5. The summed E-state index contributed by atoms with van der Waals surface area (Å²) in [5, 5.41) is 0. The minimum atomic E-state index is 0.122. The average Bonchev–Trinajstić information content (AvgIpc) is 3.09. The molecule has 1 aliphatic heterocycles. The number of nitrogens with zero attached hydrogens (tertiary/aromatic N) is 2. The second-order valence-corrected chi connectivity index (χ2v) is 8.34. The van der Waals surface area contributed by atoms with Crippen molar-refractivity contribution in [2.75, 3.05) is 40.4 Å². The smallest absolute Gasteiger partial charge is 0.237 e. The van der Waals surface area contributed by atoms with E-state index in [1.165, 1.54) is 0 Å². The van der Waals surface area contributed by atoms with Crippen LogP contribution in [0.25, 0.3) is 0 Å². The number of carbonyl (C=O) groups is 1. The van der Waals surface area contributed by atoms with Crippen LogP contribution < -0.4 is 9.47 Å². The Hall–Kier alpha value is -1.75. The van der Waals surface area contributed by atoms with Crippen molar-refractivity contribution in [2.45, 2.75) is 46.6 Å². The Labute approximate surface area is 164 Å². The maximum atomic E-state index is 13.1. The zero-order valence-corrected chi connectivity index (χ0v) is 17.8. The molecule has 0 aliphatic carbocycles. The zero-order valence-electron chi connectivity index (χ0n) is 17.8. The van der Waals surface area contributed by atoms with Crippen LogP contribution in [0.3, 0.4) is 0 Å². The van der Waals surface area contributed by atoms with Crippen LogP contribution in [0.15, 0.2) is 18.2 Å². The molecule has 2 rings (SSSR count). The molecule has 1 fully saturated rings. The van der Waals surface area contributed by atoms with Crippen LogP contribution in [-0.4, -0.2) is 56.1 Å². The number of likely N-dealkylation sites (tertiary alicyclic amines) is 1. The molecule has 27 heavy (non-hydrogen) atoms. The van der Waals surface area contributed by atoms with E-state index in [-0.39, 0.29) is 11.9 Å². The highest BCUT2D eigenvalue weighted by atomic mass is 16.5. The molecule has 0 N–H and O–H groups in total. The molecule has 1 aromatic carbocycles. The standard InChI is InChI=1S/C22H36N2O3/c1-16(2)13-23(14-17(3)4)15-22(25)24-11-7-8-19(24)18-9-10-20(26-5)21(12-18)27-6/h9-10,12,16-17,19H,7-8,11,13-15H2,1-6H3. The summed E-state index contributed by atoms with van der Waals surface area (Å²) in [7, 11) is 3.29. The van der Waals surface area contributed by atoms with Gasteiger partial charge >= 0.3 is 0 Å². The van der Waals surface area contributed by atoms with Gasteiger partial charge in [-0.1, -0.05) is 33.8 Å². The predicted octanol–water partition coefficient (Wildman–Crippen LogP) is 3.98. The average molecular weight is 377 g/mol. The van der Waals surface area contributed by atoms with Crippen LogP contribution in [0.4, 0.5) is 0 Å². The molecule has 1 unspecified atom stereocenters. The third kappa shape index (κ3) is 5.86. The molecule has 0 aromatic heterocycles. The molecule has 1 heterocycles. The lowest BCUT2D eigenvalue weighted by molar-refractivity contribution is -0.133. The van der Waals surface area contributed by atoms with Gasteiger partial charge in [-0.15, -0.1) is 0 Å². The molecule has 0 bridgehead atoms.